The number of nitrogens with zero attached hydrogens (tertiary/aromatic N) is 4. The average Bonchev–Trinajstić information content (AvgIpc) is 3.21. The number of fused-ring (bicyclic) bond motifs is 1. The van der Waals surface area contributed by atoms with Crippen molar-refractivity contribution in [2.75, 3.05) is 19.7 Å². The number of H-pyrrole nitrogens is 1. The number of carbonyl (C=O) groups is 1. The maximum atomic E-state index is 12.6. The zero-order valence-corrected chi connectivity index (χ0v) is 13.7. The van der Waals surface area contributed by atoms with Gasteiger partial charge >= 0.3 is 0 Å². The van der Waals surface area contributed by atoms with E-state index in [4.69, 9.17) is 4.74 Å². The van der Waals surface area contributed by atoms with Crippen LogP contribution < -0.4 is 0 Å². The van der Waals surface area contributed by atoms with Crippen LogP contribution in [0.1, 0.15) is 28.4 Å². The molecule has 24 heavy (non-hydrogen) atoms. The van der Waals surface area contributed by atoms with Crippen LogP contribution in [0.4, 0.5) is 0 Å². The number of amides is 1. The van der Waals surface area contributed by atoms with Gasteiger partial charge in [-0.1, -0.05) is 0 Å². The number of hydrogen-bond donors (Lipinski definition) is 1. The summed E-state index contributed by atoms with van der Waals surface area (Å²) in [6.45, 7) is 4.14. The van der Waals surface area contributed by atoms with Crippen LogP contribution in [0.5, 0.6) is 0 Å². The van der Waals surface area contributed by atoms with Crippen molar-refractivity contribution in [3.05, 3.63) is 41.7 Å². The van der Waals surface area contributed by atoms with Crippen molar-refractivity contribution < 1.29 is 9.53 Å². The summed E-state index contributed by atoms with van der Waals surface area (Å²) in [5.74, 6) is 2.61. The molecule has 1 amide bonds. The Morgan fingerprint density at radius 2 is 2.25 bits per heavy atom. The highest BCUT2D eigenvalue weighted by molar-refractivity contribution is 5.94. The predicted molar refractivity (Wildman–Crippen MR) is 86.3 cm³/mol. The summed E-state index contributed by atoms with van der Waals surface area (Å²) in [6.07, 6.45) is 5.18. The van der Waals surface area contributed by atoms with Crippen LogP contribution in [0.3, 0.4) is 0 Å². The summed E-state index contributed by atoms with van der Waals surface area (Å²) in [5, 5.41) is 7.09. The molecule has 2 saturated heterocycles. The van der Waals surface area contributed by atoms with Crippen molar-refractivity contribution in [2.45, 2.75) is 25.9 Å². The molecule has 2 aromatic rings. The third-order valence-corrected chi connectivity index (χ3v) is 5.04. The number of likely N-dealkylation sites (tertiary alicyclic amines) is 1. The summed E-state index contributed by atoms with van der Waals surface area (Å²) >= 11 is 0. The van der Waals surface area contributed by atoms with Crippen LogP contribution in [0, 0.1) is 18.8 Å². The highest BCUT2D eigenvalue weighted by Crippen LogP contribution is 2.36. The van der Waals surface area contributed by atoms with E-state index in [1.807, 2.05) is 11.8 Å². The first-order valence-corrected chi connectivity index (χ1v) is 8.39. The molecule has 0 aliphatic carbocycles. The van der Waals surface area contributed by atoms with Crippen molar-refractivity contribution in [3.8, 4) is 0 Å². The fourth-order valence-corrected chi connectivity index (χ4v) is 3.82. The fraction of sp³-hybridized carbons (Fsp3) is 0.529. The smallest absolute Gasteiger partial charge is 0.253 e. The lowest BCUT2D eigenvalue weighted by Crippen LogP contribution is -2.44. The molecule has 7 nitrogen and oxygen atoms in total. The zero-order valence-electron chi connectivity index (χ0n) is 13.7. The standard InChI is InChI=1S/C17H21N5O2/c1-11-19-16(21-20-11)8-15-14-4-7-22(9-13(14)10-24-15)17(23)12-2-5-18-6-3-12/h2-3,5-6,13-15H,4,7-10H2,1H3,(H,19,20,21)/t13-,14-,15-/m0/s1. The summed E-state index contributed by atoms with van der Waals surface area (Å²) in [4.78, 5) is 22.9. The number of carbonyl (C=O) groups excluding carboxylic acids is 1. The van der Waals surface area contributed by atoms with E-state index in [2.05, 4.69) is 20.2 Å². The molecule has 2 aliphatic rings. The summed E-state index contributed by atoms with van der Waals surface area (Å²) in [7, 11) is 0. The molecule has 0 bridgehead atoms. The van der Waals surface area contributed by atoms with Gasteiger partial charge < -0.3 is 9.64 Å². The number of nitrogens with one attached hydrogen (secondary N) is 1. The van der Waals surface area contributed by atoms with Gasteiger partial charge in [0.25, 0.3) is 5.91 Å². The van der Waals surface area contributed by atoms with Gasteiger partial charge in [0.05, 0.1) is 12.7 Å². The maximum absolute atomic E-state index is 12.6. The summed E-state index contributed by atoms with van der Waals surface area (Å²) < 4.78 is 6.01. The number of aromatic nitrogens is 4. The van der Waals surface area contributed by atoms with Crippen LogP contribution in [-0.4, -0.2) is 56.8 Å². The van der Waals surface area contributed by atoms with E-state index in [9.17, 15) is 4.79 Å². The van der Waals surface area contributed by atoms with Crippen molar-refractivity contribution in [1.29, 1.82) is 0 Å². The first-order valence-electron chi connectivity index (χ1n) is 8.39. The van der Waals surface area contributed by atoms with Gasteiger partial charge in [0.2, 0.25) is 0 Å². The predicted octanol–water partition coefficient (Wildman–Crippen LogP) is 1.23. The van der Waals surface area contributed by atoms with Gasteiger partial charge in [0.15, 0.2) is 5.82 Å². The van der Waals surface area contributed by atoms with Gasteiger partial charge in [-0.15, -0.1) is 0 Å². The second kappa shape index (κ2) is 6.32. The molecule has 4 rings (SSSR count). The highest BCUT2D eigenvalue weighted by Gasteiger charge is 2.42. The topological polar surface area (TPSA) is 84.0 Å². The molecule has 2 aliphatic heterocycles. The van der Waals surface area contributed by atoms with Gasteiger partial charge in [-0.25, -0.2) is 4.98 Å². The number of piperidine rings is 1. The van der Waals surface area contributed by atoms with Crippen LogP contribution in [-0.2, 0) is 11.2 Å². The molecule has 1 N–H and O–H groups in total. The molecule has 0 saturated carbocycles. The van der Waals surface area contributed by atoms with Gasteiger partial charge in [-0.05, 0) is 31.4 Å². The third-order valence-electron chi connectivity index (χ3n) is 5.04. The molecule has 2 aromatic heterocycles. The molecule has 3 atom stereocenters. The first kappa shape index (κ1) is 15.3. The van der Waals surface area contributed by atoms with Crippen molar-refractivity contribution >= 4 is 5.91 Å². The minimum Gasteiger partial charge on any atom is -0.377 e. The van der Waals surface area contributed by atoms with E-state index in [0.29, 0.717) is 24.0 Å². The fourth-order valence-electron chi connectivity index (χ4n) is 3.82. The Morgan fingerprint density at radius 1 is 1.42 bits per heavy atom. The van der Waals surface area contributed by atoms with E-state index >= 15 is 0 Å². The Bertz CT molecular complexity index is 717. The number of pyridine rings is 1. The second-order valence-corrected chi connectivity index (χ2v) is 6.61. The van der Waals surface area contributed by atoms with Crippen molar-refractivity contribution in [1.82, 2.24) is 25.1 Å². The van der Waals surface area contributed by atoms with Gasteiger partial charge in [-0.3, -0.25) is 14.9 Å². The minimum atomic E-state index is 0.0869. The Hall–Kier alpha value is -2.28. The van der Waals surface area contributed by atoms with Crippen LogP contribution in [0.25, 0.3) is 0 Å². The largest absolute Gasteiger partial charge is 0.377 e. The van der Waals surface area contributed by atoms with Gasteiger partial charge in [-0.2, -0.15) is 5.10 Å². The molecule has 0 unspecified atom stereocenters. The monoisotopic (exact) mass is 327 g/mol. The lowest BCUT2D eigenvalue weighted by molar-refractivity contribution is 0.0610. The first-order chi connectivity index (χ1) is 11.7. The van der Waals surface area contributed by atoms with E-state index in [1.54, 1.807) is 24.5 Å². The van der Waals surface area contributed by atoms with Crippen LogP contribution in [0.2, 0.25) is 0 Å². The van der Waals surface area contributed by atoms with E-state index < -0.39 is 0 Å². The van der Waals surface area contributed by atoms with Crippen molar-refractivity contribution in [3.63, 3.8) is 0 Å². The van der Waals surface area contributed by atoms with Crippen LogP contribution in [0.15, 0.2) is 24.5 Å². The molecule has 4 heterocycles. The average molecular weight is 327 g/mol. The molecule has 2 fully saturated rings. The highest BCUT2D eigenvalue weighted by atomic mass is 16.5. The quantitative estimate of drug-likeness (QED) is 0.916. The zero-order chi connectivity index (χ0) is 16.5. The number of ether oxygens (including phenoxy) is 1. The molecule has 126 valence electrons. The van der Waals surface area contributed by atoms with E-state index in [1.165, 1.54) is 0 Å². The second-order valence-electron chi connectivity index (χ2n) is 6.61. The molecular weight excluding hydrogens is 306 g/mol. The SMILES string of the molecule is Cc1nc(C[C@@H]2OC[C@@H]3CN(C(=O)c4ccncc4)CC[C@@H]32)n[nH]1. The summed E-state index contributed by atoms with van der Waals surface area (Å²) in [5.41, 5.74) is 0.704. The number of rotatable bonds is 3. The van der Waals surface area contributed by atoms with E-state index in [-0.39, 0.29) is 12.0 Å². The van der Waals surface area contributed by atoms with Crippen molar-refractivity contribution in [2.24, 2.45) is 11.8 Å². The van der Waals surface area contributed by atoms with Crippen LogP contribution >= 0.6 is 0 Å². The lowest BCUT2D eigenvalue weighted by Gasteiger charge is -2.35. The normalized spacial score (nSPS) is 26.4. The minimum absolute atomic E-state index is 0.0869. The Morgan fingerprint density at radius 3 is 3.00 bits per heavy atom. The number of aryl methyl sites for hydroxylation is 1. The third kappa shape index (κ3) is 2.91. The van der Waals surface area contributed by atoms with E-state index in [0.717, 1.165) is 37.6 Å². The number of hydrogen-bond acceptors (Lipinski definition) is 5. The molecule has 0 spiro atoms. The van der Waals surface area contributed by atoms with Gasteiger partial charge in [0.1, 0.15) is 5.82 Å². The number of aromatic amines is 1. The Balaban J connectivity index is 1.40. The Labute approximate surface area is 140 Å². The Kier molecular flexibility index (Phi) is 4.02. The summed E-state index contributed by atoms with van der Waals surface area (Å²) in [6, 6.07) is 3.54. The van der Waals surface area contributed by atoms with Gasteiger partial charge in [0, 0.05) is 43.4 Å². The molecular formula is C17H21N5O2. The maximum Gasteiger partial charge on any atom is 0.253 e. The lowest BCUT2D eigenvalue weighted by atomic mass is 9.83. The molecule has 7 heteroatoms. The molecule has 0 radical (unpaired) electrons. The molecule has 0 aromatic carbocycles.